The summed E-state index contributed by atoms with van der Waals surface area (Å²) >= 11 is 0. The lowest BCUT2D eigenvalue weighted by Crippen LogP contribution is -2.40. The fourth-order valence-electron chi connectivity index (χ4n) is 2.12. The van der Waals surface area contributed by atoms with Crippen LogP contribution in [0.1, 0.15) is 18.4 Å². The molecule has 1 atom stereocenters. The Kier molecular flexibility index (Phi) is 6.84. The van der Waals surface area contributed by atoms with Gasteiger partial charge in [0.2, 0.25) is 0 Å². The second kappa shape index (κ2) is 8.15. The largest absolute Gasteiger partial charge is 0.461 e. The van der Waals surface area contributed by atoms with Gasteiger partial charge in [-0.05, 0) is 37.9 Å². The number of hydrogen-bond donors (Lipinski definition) is 2. The van der Waals surface area contributed by atoms with Crippen LogP contribution in [0.25, 0.3) is 0 Å². The molecule has 0 bridgehead atoms. The summed E-state index contributed by atoms with van der Waals surface area (Å²) in [5.74, 6) is -0.286. The van der Waals surface area contributed by atoms with E-state index in [1.54, 1.807) is 0 Å². The van der Waals surface area contributed by atoms with Crippen LogP contribution in [0.5, 0.6) is 0 Å². The molecule has 3 N–H and O–H groups in total. The highest BCUT2D eigenvalue weighted by atomic mass is 35.5. The van der Waals surface area contributed by atoms with Crippen LogP contribution < -0.4 is 11.1 Å². The number of esters is 1. The van der Waals surface area contributed by atoms with Gasteiger partial charge in [0, 0.05) is 0 Å². The topological polar surface area (TPSA) is 64.4 Å². The average Bonchev–Trinajstić information content (AvgIpc) is 2.41. The highest BCUT2D eigenvalue weighted by Gasteiger charge is 2.21. The predicted octanol–water partition coefficient (Wildman–Crippen LogP) is 1.27. The maximum atomic E-state index is 11.8. The first-order chi connectivity index (χ1) is 8.75. The molecule has 5 heteroatoms. The van der Waals surface area contributed by atoms with E-state index in [0.717, 1.165) is 31.5 Å². The summed E-state index contributed by atoms with van der Waals surface area (Å²) in [4.78, 5) is 11.8. The Balaban J connectivity index is 0.00000180. The highest BCUT2D eigenvalue weighted by Crippen LogP contribution is 2.10. The van der Waals surface area contributed by atoms with Gasteiger partial charge in [0.15, 0.2) is 0 Å². The smallest absolute Gasteiger partial charge is 0.323 e. The van der Waals surface area contributed by atoms with Gasteiger partial charge in [0.1, 0.15) is 12.1 Å². The minimum atomic E-state index is -0.567. The van der Waals surface area contributed by atoms with Crippen LogP contribution in [-0.4, -0.2) is 31.2 Å². The van der Waals surface area contributed by atoms with Gasteiger partial charge in [-0.15, -0.1) is 12.4 Å². The van der Waals surface area contributed by atoms with Crippen LogP contribution in [0.3, 0.4) is 0 Å². The van der Waals surface area contributed by atoms with Crippen molar-refractivity contribution in [1.82, 2.24) is 5.32 Å². The SMILES string of the molecule is Cl.N[C@H](Cc1ccccc1)C(=O)OC1CCNCC1. The molecule has 2 rings (SSSR count). The summed E-state index contributed by atoms with van der Waals surface area (Å²) in [7, 11) is 0. The molecule has 1 aliphatic heterocycles. The summed E-state index contributed by atoms with van der Waals surface area (Å²) in [6.45, 7) is 1.82. The van der Waals surface area contributed by atoms with E-state index in [9.17, 15) is 4.79 Å². The molecule has 1 aromatic rings. The summed E-state index contributed by atoms with van der Waals surface area (Å²) in [5.41, 5.74) is 6.94. The number of rotatable bonds is 4. The van der Waals surface area contributed by atoms with Crippen molar-refractivity contribution in [2.45, 2.75) is 31.4 Å². The molecule has 1 heterocycles. The van der Waals surface area contributed by atoms with Crippen LogP contribution >= 0.6 is 12.4 Å². The first-order valence-corrected chi connectivity index (χ1v) is 6.46. The Hall–Kier alpha value is -1.10. The number of nitrogens with two attached hydrogens (primary N) is 1. The van der Waals surface area contributed by atoms with Crippen molar-refractivity contribution in [2.75, 3.05) is 13.1 Å². The monoisotopic (exact) mass is 284 g/mol. The number of carbonyl (C=O) groups excluding carboxylic acids is 1. The lowest BCUT2D eigenvalue weighted by molar-refractivity contribution is -0.151. The molecular weight excluding hydrogens is 264 g/mol. The van der Waals surface area contributed by atoms with E-state index in [-0.39, 0.29) is 24.5 Å². The molecule has 0 aliphatic carbocycles. The number of carbonyl (C=O) groups is 1. The lowest BCUT2D eigenvalue weighted by atomic mass is 10.1. The van der Waals surface area contributed by atoms with Crippen molar-refractivity contribution in [3.63, 3.8) is 0 Å². The standard InChI is InChI=1S/C14H20N2O2.ClH/c15-13(10-11-4-2-1-3-5-11)14(17)18-12-6-8-16-9-7-12;/h1-5,12-13,16H,6-10,15H2;1H/t13-;/m1./s1. The minimum Gasteiger partial charge on any atom is -0.461 e. The first kappa shape index (κ1) is 16.0. The molecule has 4 nitrogen and oxygen atoms in total. The summed E-state index contributed by atoms with van der Waals surface area (Å²) < 4.78 is 5.42. The maximum absolute atomic E-state index is 11.8. The third-order valence-corrected chi connectivity index (χ3v) is 3.17. The third-order valence-electron chi connectivity index (χ3n) is 3.17. The Labute approximate surface area is 120 Å². The second-order valence-electron chi connectivity index (χ2n) is 4.68. The van der Waals surface area contributed by atoms with Crippen molar-refractivity contribution >= 4 is 18.4 Å². The molecule has 1 saturated heterocycles. The van der Waals surface area contributed by atoms with E-state index in [1.807, 2.05) is 30.3 Å². The fraction of sp³-hybridized carbons (Fsp3) is 0.500. The van der Waals surface area contributed by atoms with E-state index in [2.05, 4.69) is 5.32 Å². The van der Waals surface area contributed by atoms with E-state index in [4.69, 9.17) is 10.5 Å². The lowest BCUT2D eigenvalue weighted by Gasteiger charge is -2.24. The highest BCUT2D eigenvalue weighted by molar-refractivity contribution is 5.85. The minimum absolute atomic E-state index is 0. The van der Waals surface area contributed by atoms with Crippen molar-refractivity contribution in [1.29, 1.82) is 0 Å². The summed E-state index contributed by atoms with van der Waals surface area (Å²) in [5, 5.41) is 3.23. The van der Waals surface area contributed by atoms with E-state index in [1.165, 1.54) is 0 Å². The Bertz CT molecular complexity index is 380. The number of piperidine rings is 1. The molecule has 0 radical (unpaired) electrons. The number of nitrogens with one attached hydrogen (secondary N) is 1. The van der Waals surface area contributed by atoms with E-state index < -0.39 is 6.04 Å². The maximum Gasteiger partial charge on any atom is 0.323 e. The molecule has 1 aliphatic rings. The third kappa shape index (κ3) is 5.19. The predicted molar refractivity (Wildman–Crippen MR) is 77.4 cm³/mol. The molecule has 1 fully saturated rings. The zero-order valence-corrected chi connectivity index (χ0v) is 11.7. The van der Waals surface area contributed by atoms with Crippen molar-refractivity contribution in [3.05, 3.63) is 35.9 Å². The number of hydrogen-bond acceptors (Lipinski definition) is 4. The van der Waals surface area contributed by atoms with Crippen molar-refractivity contribution in [3.8, 4) is 0 Å². The van der Waals surface area contributed by atoms with Gasteiger partial charge in [-0.3, -0.25) is 4.79 Å². The number of ether oxygens (including phenoxy) is 1. The van der Waals surface area contributed by atoms with Crippen molar-refractivity contribution in [2.24, 2.45) is 5.73 Å². The van der Waals surface area contributed by atoms with Gasteiger partial charge < -0.3 is 15.8 Å². The second-order valence-corrected chi connectivity index (χ2v) is 4.68. The molecule has 106 valence electrons. The molecular formula is C14H21ClN2O2. The Morgan fingerprint density at radius 2 is 1.95 bits per heavy atom. The molecule has 19 heavy (non-hydrogen) atoms. The summed E-state index contributed by atoms with van der Waals surface area (Å²) in [6.07, 6.45) is 2.32. The van der Waals surface area contributed by atoms with E-state index in [0.29, 0.717) is 6.42 Å². The van der Waals surface area contributed by atoms with Gasteiger partial charge in [0.05, 0.1) is 0 Å². The normalized spacial score (nSPS) is 17.3. The molecule has 0 saturated carbocycles. The molecule has 0 aromatic heterocycles. The summed E-state index contributed by atoms with van der Waals surface area (Å²) in [6, 6.07) is 9.21. The van der Waals surface area contributed by atoms with Gasteiger partial charge in [-0.25, -0.2) is 0 Å². The molecule has 1 aromatic carbocycles. The average molecular weight is 285 g/mol. The zero-order valence-electron chi connectivity index (χ0n) is 10.9. The number of halogens is 1. The quantitative estimate of drug-likeness (QED) is 0.818. The van der Waals surface area contributed by atoms with Gasteiger partial charge in [0.25, 0.3) is 0 Å². The van der Waals surface area contributed by atoms with Crippen LogP contribution in [0, 0.1) is 0 Å². The van der Waals surface area contributed by atoms with Gasteiger partial charge in [-0.2, -0.15) is 0 Å². The zero-order chi connectivity index (χ0) is 12.8. The van der Waals surface area contributed by atoms with Crippen LogP contribution in [-0.2, 0) is 16.0 Å². The first-order valence-electron chi connectivity index (χ1n) is 6.46. The van der Waals surface area contributed by atoms with Gasteiger partial charge >= 0.3 is 5.97 Å². The Morgan fingerprint density at radius 1 is 1.32 bits per heavy atom. The molecule has 0 amide bonds. The Morgan fingerprint density at radius 3 is 2.58 bits per heavy atom. The number of benzene rings is 1. The van der Waals surface area contributed by atoms with E-state index >= 15 is 0 Å². The fourth-order valence-corrected chi connectivity index (χ4v) is 2.12. The van der Waals surface area contributed by atoms with Gasteiger partial charge in [-0.1, -0.05) is 30.3 Å². The van der Waals surface area contributed by atoms with Crippen LogP contribution in [0.2, 0.25) is 0 Å². The van der Waals surface area contributed by atoms with Crippen LogP contribution in [0.4, 0.5) is 0 Å². The molecule has 0 unspecified atom stereocenters. The van der Waals surface area contributed by atoms with Crippen LogP contribution in [0.15, 0.2) is 30.3 Å². The van der Waals surface area contributed by atoms with Crippen molar-refractivity contribution < 1.29 is 9.53 Å². The molecule has 0 spiro atoms.